The summed E-state index contributed by atoms with van der Waals surface area (Å²) in [6.45, 7) is 2.05. The normalized spacial score (nSPS) is 11.2. The highest BCUT2D eigenvalue weighted by atomic mass is 16.5. The minimum atomic E-state index is -0.386. The Labute approximate surface area is 226 Å². The molecule has 0 aliphatic rings. The number of amides is 1. The van der Waals surface area contributed by atoms with Gasteiger partial charge in [-0.3, -0.25) is 14.2 Å². The standard InChI is InChI=1S/C29H31N5O5/c1-19(35)39-18-34-17-26(20-8-9-30-28(14-20)38-5)25-13-22(16-31-29(25)34)21-11-23(15-24(12-21)37-4)32-27(36)7-6-10-33(2)3/h6-9,11-17H,10,18H2,1-5H3,(H,32,36)/b7-6+. The van der Waals surface area contributed by atoms with Crippen molar-refractivity contribution in [1.82, 2.24) is 19.4 Å². The lowest BCUT2D eigenvalue weighted by Gasteiger charge is -2.11. The summed E-state index contributed by atoms with van der Waals surface area (Å²) in [5.74, 6) is 0.446. The van der Waals surface area contributed by atoms with Gasteiger partial charge in [0, 0.05) is 72.5 Å². The number of carbonyl (C=O) groups is 2. The van der Waals surface area contributed by atoms with Crippen molar-refractivity contribution in [1.29, 1.82) is 0 Å². The van der Waals surface area contributed by atoms with Crippen molar-refractivity contribution in [2.45, 2.75) is 13.7 Å². The average Bonchev–Trinajstić information content (AvgIpc) is 3.29. The van der Waals surface area contributed by atoms with Gasteiger partial charge in [0.25, 0.3) is 0 Å². The highest BCUT2D eigenvalue weighted by molar-refractivity contribution is 6.00. The van der Waals surface area contributed by atoms with Crippen LogP contribution in [0.15, 0.2) is 67.1 Å². The number of likely N-dealkylation sites (N-methyl/N-ethyl adjacent to an activating group) is 1. The fraction of sp³-hybridized carbons (Fsp3) is 0.241. The predicted molar refractivity (Wildman–Crippen MR) is 150 cm³/mol. The van der Waals surface area contributed by atoms with Gasteiger partial charge in [-0.05, 0) is 49.5 Å². The second kappa shape index (κ2) is 12.2. The average molecular weight is 530 g/mol. The zero-order valence-electron chi connectivity index (χ0n) is 22.6. The minimum absolute atomic E-state index is 0.0249. The van der Waals surface area contributed by atoms with Crippen LogP contribution in [-0.4, -0.2) is 66.2 Å². The molecular weight excluding hydrogens is 498 g/mol. The van der Waals surface area contributed by atoms with Gasteiger partial charge in [0.1, 0.15) is 11.4 Å². The van der Waals surface area contributed by atoms with Crippen LogP contribution in [0.3, 0.4) is 0 Å². The third kappa shape index (κ3) is 6.79. The van der Waals surface area contributed by atoms with E-state index in [1.807, 2.05) is 55.5 Å². The van der Waals surface area contributed by atoms with Crippen LogP contribution in [-0.2, 0) is 21.1 Å². The molecule has 0 saturated heterocycles. The van der Waals surface area contributed by atoms with Crippen molar-refractivity contribution in [3.8, 4) is 33.9 Å². The maximum Gasteiger partial charge on any atom is 0.304 e. The predicted octanol–water partition coefficient (Wildman–Crippen LogP) is 4.36. The number of pyridine rings is 2. The number of anilines is 1. The Balaban J connectivity index is 1.76. The molecule has 0 aliphatic heterocycles. The number of rotatable bonds is 10. The highest BCUT2D eigenvalue weighted by Gasteiger charge is 2.16. The zero-order chi connectivity index (χ0) is 27.9. The Bertz CT molecular complexity index is 1530. The molecule has 3 aromatic heterocycles. The number of nitrogens with zero attached hydrogens (tertiary/aromatic N) is 4. The summed E-state index contributed by atoms with van der Waals surface area (Å²) in [6, 6.07) is 11.2. The molecule has 0 saturated carbocycles. The van der Waals surface area contributed by atoms with Crippen LogP contribution in [0.4, 0.5) is 5.69 Å². The largest absolute Gasteiger partial charge is 0.497 e. The molecule has 39 heavy (non-hydrogen) atoms. The number of hydrogen-bond acceptors (Lipinski definition) is 8. The van der Waals surface area contributed by atoms with E-state index in [1.165, 1.54) is 13.0 Å². The van der Waals surface area contributed by atoms with Gasteiger partial charge in [0.15, 0.2) is 6.73 Å². The molecule has 0 aliphatic carbocycles. The van der Waals surface area contributed by atoms with E-state index in [-0.39, 0.29) is 18.6 Å². The molecule has 0 radical (unpaired) electrons. The van der Waals surface area contributed by atoms with Gasteiger partial charge in [0.2, 0.25) is 11.8 Å². The minimum Gasteiger partial charge on any atom is -0.497 e. The Morgan fingerprint density at radius 2 is 1.85 bits per heavy atom. The van der Waals surface area contributed by atoms with Crippen molar-refractivity contribution >= 4 is 28.6 Å². The fourth-order valence-electron chi connectivity index (χ4n) is 4.02. The zero-order valence-corrected chi connectivity index (χ0v) is 22.6. The van der Waals surface area contributed by atoms with E-state index in [0.717, 1.165) is 27.6 Å². The van der Waals surface area contributed by atoms with E-state index in [0.29, 0.717) is 29.5 Å². The van der Waals surface area contributed by atoms with Crippen LogP contribution in [0.1, 0.15) is 6.92 Å². The number of ether oxygens (including phenoxy) is 3. The maximum absolute atomic E-state index is 12.5. The van der Waals surface area contributed by atoms with Crippen LogP contribution in [0, 0.1) is 0 Å². The van der Waals surface area contributed by atoms with Gasteiger partial charge >= 0.3 is 5.97 Å². The molecule has 0 fully saturated rings. The van der Waals surface area contributed by atoms with Crippen LogP contribution >= 0.6 is 0 Å². The van der Waals surface area contributed by atoms with E-state index >= 15 is 0 Å². The first-order chi connectivity index (χ1) is 18.8. The molecule has 4 aromatic rings. The monoisotopic (exact) mass is 529 g/mol. The van der Waals surface area contributed by atoms with Crippen molar-refractivity contribution < 1.29 is 23.8 Å². The van der Waals surface area contributed by atoms with Crippen LogP contribution < -0.4 is 14.8 Å². The van der Waals surface area contributed by atoms with Crippen molar-refractivity contribution in [2.75, 3.05) is 40.2 Å². The molecule has 0 atom stereocenters. The van der Waals surface area contributed by atoms with Crippen LogP contribution in [0.2, 0.25) is 0 Å². The number of aromatic nitrogens is 3. The van der Waals surface area contributed by atoms with Crippen molar-refractivity contribution in [3.05, 3.63) is 67.1 Å². The molecule has 3 heterocycles. The van der Waals surface area contributed by atoms with Gasteiger partial charge in [-0.15, -0.1) is 0 Å². The van der Waals surface area contributed by atoms with E-state index < -0.39 is 0 Å². The fourth-order valence-corrected chi connectivity index (χ4v) is 4.02. The molecule has 10 nitrogen and oxygen atoms in total. The Kier molecular flexibility index (Phi) is 8.57. The number of nitrogens with one attached hydrogen (secondary N) is 1. The van der Waals surface area contributed by atoms with E-state index in [1.54, 1.807) is 43.3 Å². The summed E-state index contributed by atoms with van der Waals surface area (Å²) in [5.41, 5.74) is 4.60. The van der Waals surface area contributed by atoms with Gasteiger partial charge in [-0.1, -0.05) is 6.08 Å². The quantitative estimate of drug-likeness (QED) is 0.239. The summed E-state index contributed by atoms with van der Waals surface area (Å²) in [4.78, 5) is 34.8. The topological polar surface area (TPSA) is 108 Å². The molecule has 1 amide bonds. The summed E-state index contributed by atoms with van der Waals surface area (Å²) in [5, 5.41) is 3.74. The summed E-state index contributed by atoms with van der Waals surface area (Å²) < 4.78 is 17.9. The van der Waals surface area contributed by atoms with Crippen LogP contribution in [0.25, 0.3) is 33.3 Å². The molecule has 0 bridgehead atoms. The van der Waals surface area contributed by atoms with E-state index in [2.05, 4.69) is 10.3 Å². The number of carbonyl (C=O) groups excluding carboxylic acids is 2. The lowest BCUT2D eigenvalue weighted by molar-refractivity contribution is -0.144. The Morgan fingerprint density at radius 1 is 1.03 bits per heavy atom. The third-order valence-electron chi connectivity index (χ3n) is 5.86. The second-order valence-corrected chi connectivity index (χ2v) is 9.06. The first-order valence-corrected chi connectivity index (χ1v) is 12.2. The number of benzene rings is 1. The van der Waals surface area contributed by atoms with Gasteiger partial charge in [0.05, 0.1) is 14.2 Å². The smallest absolute Gasteiger partial charge is 0.304 e. The Hall–Kier alpha value is -4.70. The van der Waals surface area contributed by atoms with Gasteiger partial charge in [-0.25, -0.2) is 9.97 Å². The maximum atomic E-state index is 12.5. The lowest BCUT2D eigenvalue weighted by atomic mass is 10.0. The number of hydrogen-bond donors (Lipinski definition) is 1. The molecule has 0 unspecified atom stereocenters. The SMILES string of the molecule is COc1cc(NC(=O)/C=C/CN(C)C)cc(-c2cnc3c(c2)c(-c2ccnc(OC)c2)cn3COC(C)=O)c1. The highest BCUT2D eigenvalue weighted by Crippen LogP contribution is 2.35. The number of methoxy groups -OCH3 is 2. The first kappa shape index (κ1) is 27.3. The number of esters is 1. The van der Waals surface area contributed by atoms with Crippen LogP contribution in [0.5, 0.6) is 11.6 Å². The number of fused-ring (bicyclic) bond motifs is 1. The molecule has 202 valence electrons. The summed E-state index contributed by atoms with van der Waals surface area (Å²) in [6.07, 6.45) is 8.60. The van der Waals surface area contributed by atoms with E-state index in [9.17, 15) is 9.59 Å². The molecule has 0 spiro atoms. The second-order valence-electron chi connectivity index (χ2n) is 9.06. The Morgan fingerprint density at radius 3 is 2.56 bits per heavy atom. The lowest BCUT2D eigenvalue weighted by Crippen LogP contribution is -2.13. The molecule has 4 rings (SSSR count). The molecule has 1 aromatic carbocycles. The third-order valence-corrected chi connectivity index (χ3v) is 5.86. The van der Waals surface area contributed by atoms with Crippen molar-refractivity contribution in [3.63, 3.8) is 0 Å². The molecule has 1 N–H and O–H groups in total. The van der Waals surface area contributed by atoms with Crippen molar-refractivity contribution in [2.24, 2.45) is 0 Å². The summed E-state index contributed by atoms with van der Waals surface area (Å²) in [7, 11) is 7.01. The van der Waals surface area contributed by atoms with E-state index in [4.69, 9.17) is 19.2 Å². The molecule has 10 heteroatoms. The summed E-state index contributed by atoms with van der Waals surface area (Å²) >= 11 is 0. The van der Waals surface area contributed by atoms with Gasteiger partial charge in [-0.2, -0.15) is 0 Å². The van der Waals surface area contributed by atoms with Gasteiger partial charge < -0.3 is 24.4 Å². The first-order valence-electron chi connectivity index (χ1n) is 12.2. The molecular formula is C29H31N5O5.